The lowest BCUT2D eigenvalue weighted by atomic mass is 10.2. The molecule has 1 aromatic carbocycles. The minimum Gasteiger partial charge on any atom is -0.351 e. The summed E-state index contributed by atoms with van der Waals surface area (Å²) in [6, 6.07) is 4.18. The van der Waals surface area contributed by atoms with E-state index in [1.165, 1.54) is 31.7 Å². The highest BCUT2D eigenvalue weighted by Crippen LogP contribution is 2.39. The van der Waals surface area contributed by atoms with E-state index in [4.69, 9.17) is 6.42 Å². The predicted octanol–water partition coefficient (Wildman–Crippen LogP) is 3.33. The van der Waals surface area contributed by atoms with Gasteiger partial charge in [0.25, 0.3) is 0 Å². The molecule has 108 valence electrons. The molecule has 0 aliphatic heterocycles. The Hall–Kier alpha value is -2.18. The molecule has 6 heteroatoms. The molecule has 0 atom stereocenters. The summed E-state index contributed by atoms with van der Waals surface area (Å²) < 4.78 is 40.0. The van der Waals surface area contributed by atoms with E-state index in [0.717, 1.165) is 6.20 Å². The van der Waals surface area contributed by atoms with E-state index in [1.54, 1.807) is 6.07 Å². The maximum atomic E-state index is 13.9. The number of terminal acetylenes is 1. The number of benzene rings is 1. The molecule has 0 saturated heterocycles. The van der Waals surface area contributed by atoms with Gasteiger partial charge in [-0.1, -0.05) is 5.92 Å². The Morgan fingerprint density at radius 2 is 1.90 bits per heavy atom. The molecule has 0 radical (unpaired) electrons. The molecular weight excluding hydrogens is 293 g/mol. The molecule has 21 heavy (non-hydrogen) atoms. The highest BCUT2D eigenvalue weighted by Gasteiger charge is 2.22. The van der Waals surface area contributed by atoms with Crippen molar-refractivity contribution in [2.45, 2.75) is 0 Å². The van der Waals surface area contributed by atoms with Crippen LogP contribution in [0, 0.1) is 24.0 Å². The number of nitrogens with one attached hydrogen (secondary N) is 1. The minimum absolute atomic E-state index is 0.0120. The fourth-order valence-electron chi connectivity index (χ4n) is 1.92. The molecule has 0 aliphatic carbocycles. The van der Waals surface area contributed by atoms with Crippen molar-refractivity contribution in [3.8, 4) is 12.3 Å². The van der Waals surface area contributed by atoms with Crippen LogP contribution in [0.3, 0.4) is 0 Å². The van der Waals surface area contributed by atoms with Crippen LogP contribution in [0.5, 0.6) is 0 Å². The lowest BCUT2D eigenvalue weighted by Crippen LogP contribution is -2.15. The van der Waals surface area contributed by atoms with E-state index in [9.17, 15) is 13.3 Å². The van der Waals surface area contributed by atoms with E-state index < -0.39 is 18.8 Å². The molecule has 0 bridgehead atoms. The first-order chi connectivity index (χ1) is 9.82. The van der Waals surface area contributed by atoms with Gasteiger partial charge in [0.05, 0.1) is 29.1 Å². The molecule has 3 nitrogen and oxygen atoms in total. The van der Waals surface area contributed by atoms with Crippen LogP contribution in [0.4, 0.5) is 20.2 Å². The Labute approximate surface area is 121 Å². The maximum Gasteiger partial charge on any atom is 0.154 e. The van der Waals surface area contributed by atoms with Crippen molar-refractivity contribution in [2.75, 3.05) is 18.6 Å². The fourth-order valence-corrected chi connectivity index (χ4v) is 3.18. The Morgan fingerprint density at radius 1 is 1.19 bits per heavy atom. The molecule has 0 amide bonds. The van der Waals surface area contributed by atoms with E-state index in [2.05, 4.69) is 16.2 Å². The van der Waals surface area contributed by atoms with E-state index in [-0.39, 0.29) is 16.7 Å². The topological polar surface area (TPSA) is 42.0 Å². The van der Waals surface area contributed by atoms with Gasteiger partial charge in [0.2, 0.25) is 0 Å². The summed E-state index contributed by atoms with van der Waals surface area (Å²) in [4.78, 5) is 3.70. The Morgan fingerprint density at radius 3 is 2.48 bits per heavy atom. The predicted molar refractivity (Wildman–Crippen MR) is 80.9 cm³/mol. The second kappa shape index (κ2) is 5.67. The summed E-state index contributed by atoms with van der Waals surface area (Å²) in [5.74, 6) is 1.05. The zero-order chi connectivity index (χ0) is 15.6. The van der Waals surface area contributed by atoms with Gasteiger partial charge < -0.3 is 9.88 Å². The van der Waals surface area contributed by atoms with Gasteiger partial charge in [0, 0.05) is 5.56 Å². The number of pyridine rings is 1. The van der Waals surface area contributed by atoms with E-state index >= 15 is 0 Å². The Bertz CT molecular complexity index is 778. The molecule has 0 unspecified atom stereocenters. The Balaban J connectivity index is 2.49. The van der Waals surface area contributed by atoms with Crippen molar-refractivity contribution >= 4 is 23.8 Å². The molecule has 2 rings (SSSR count). The summed E-state index contributed by atoms with van der Waals surface area (Å²) >= 11 is 0. The average Bonchev–Trinajstić information content (AvgIpc) is 2.39. The number of nitrogens with zero attached hydrogens (tertiary/aromatic N) is 1. The van der Waals surface area contributed by atoms with Crippen LogP contribution >= 0.6 is 7.14 Å². The minimum atomic E-state index is -2.89. The molecule has 1 heterocycles. The van der Waals surface area contributed by atoms with Gasteiger partial charge in [-0.25, -0.2) is 8.78 Å². The summed E-state index contributed by atoms with van der Waals surface area (Å²) in [5.41, 5.74) is 0.680. The van der Waals surface area contributed by atoms with Gasteiger partial charge >= 0.3 is 0 Å². The molecular formula is C15H13F2N2OP. The van der Waals surface area contributed by atoms with Crippen LogP contribution < -0.4 is 10.6 Å². The maximum absolute atomic E-state index is 13.9. The highest BCUT2D eigenvalue weighted by atomic mass is 31.2. The van der Waals surface area contributed by atoms with E-state index in [1.807, 2.05) is 0 Å². The fraction of sp³-hybridized carbons (Fsp3) is 0.133. The summed E-state index contributed by atoms with van der Waals surface area (Å²) in [6.45, 7) is 2.88. The number of hydrogen-bond donors (Lipinski definition) is 1. The van der Waals surface area contributed by atoms with Crippen molar-refractivity contribution < 1.29 is 13.3 Å². The van der Waals surface area contributed by atoms with Crippen molar-refractivity contribution in [2.24, 2.45) is 0 Å². The molecule has 2 aromatic rings. The second-order valence-corrected chi connectivity index (χ2v) is 7.98. The van der Waals surface area contributed by atoms with E-state index in [0.29, 0.717) is 5.56 Å². The highest BCUT2D eigenvalue weighted by molar-refractivity contribution is 7.70. The molecule has 0 saturated carbocycles. The number of hydrogen-bond acceptors (Lipinski definition) is 3. The van der Waals surface area contributed by atoms with Crippen molar-refractivity contribution in [1.29, 1.82) is 0 Å². The zero-order valence-electron chi connectivity index (χ0n) is 11.5. The van der Waals surface area contributed by atoms with Crippen LogP contribution in [0.1, 0.15) is 5.56 Å². The number of rotatable bonds is 3. The van der Waals surface area contributed by atoms with Crippen LogP contribution in [-0.4, -0.2) is 18.3 Å². The molecule has 0 spiro atoms. The van der Waals surface area contributed by atoms with Gasteiger partial charge in [-0.15, -0.1) is 6.42 Å². The van der Waals surface area contributed by atoms with Crippen LogP contribution in [0.15, 0.2) is 30.6 Å². The quantitative estimate of drug-likeness (QED) is 0.698. The van der Waals surface area contributed by atoms with Gasteiger partial charge in [-0.2, -0.15) is 0 Å². The first kappa shape index (κ1) is 15.2. The summed E-state index contributed by atoms with van der Waals surface area (Å²) in [7, 11) is -2.89. The van der Waals surface area contributed by atoms with Gasteiger partial charge in [0.15, 0.2) is 5.82 Å². The van der Waals surface area contributed by atoms with Crippen LogP contribution in [0.25, 0.3) is 0 Å². The number of aromatic nitrogens is 1. The first-order valence-corrected chi connectivity index (χ1v) is 8.65. The second-order valence-electron chi connectivity index (χ2n) is 4.83. The lowest BCUT2D eigenvalue weighted by Gasteiger charge is -2.15. The lowest BCUT2D eigenvalue weighted by molar-refractivity contribution is 0.584. The van der Waals surface area contributed by atoms with Gasteiger partial charge in [-0.05, 0) is 31.5 Å². The number of halogens is 2. The van der Waals surface area contributed by atoms with Crippen molar-refractivity contribution in [1.82, 2.24) is 4.98 Å². The zero-order valence-corrected chi connectivity index (χ0v) is 12.4. The molecule has 0 fully saturated rings. The molecule has 1 N–H and O–H groups in total. The Kier molecular flexibility index (Phi) is 4.11. The smallest absolute Gasteiger partial charge is 0.154 e. The van der Waals surface area contributed by atoms with Crippen LogP contribution in [0.2, 0.25) is 0 Å². The average molecular weight is 306 g/mol. The third-order valence-corrected chi connectivity index (χ3v) is 4.35. The standard InChI is InChI=1S/C15H13F2N2OP/c1-4-10-5-6-13(11(16)7-10)19-14-9-18-8-12(17)15(14)21(2,3)20/h1,5-9,19H,2-3H3. The normalized spacial score (nSPS) is 11.0. The first-order valence-electron chi connectivity index (χ1n) is 6.05. The summed E-state index contributed by atoms with van der Waals surface area (Å²) in [6.07, 6.45) is 7.49. The third-order valence-electron chi connectivity index (χ3n) is 2.82. The van der Waals surface area contributed by atoms with Gasteiger partial charge in [-0.3, -0.25) is 4.98 Å². The SMILES string of the molecule is C#Cc1ccc(Nc2cncc(F)c2P(C)(C)=O)c(F)c1. The van der Waals surface area contributed by atoms with Crippen molar-refractivity contribution in [3.63, 3.8) is 0 Å². The third kappa shape index (κ3) is 3.29. The van der Waals surface area contributed by atoms with Gasteiger partial charge in [0.1, 0.15) is 13.0 Å². The monoisotopic (exact) mass is 306 g/mol. The summed E-state index contributed by atoms with van der Waals surface area (Å²) in [5, 5.41) is 2.73. The molecule has 1 aromatic heterocycles. The number of anilines is 2. The largest absolute Gasteiger partial charge is 0.351 e. The van der Waals surface area contributed by atoms with Crippen molar-refractivity contribution in [3.05, 3.63) is 47.8 Å². The molecule has 0 aliphatic rings. The van der Waals surface area contributed by atoms with Crippen LogP contribution in [-0.2, 0) is 4.57 Å².